The van der Waals surface area contributed by atoms with Crippen LogP contribution in [0.15, 0.2) is 41.4 Å². The van der Waals surface area contributed by atoms with Gasteiger partial charge >= 0.3 is 6.18 Å². The summed E-state index contributed by atoms with van der Waals surface area (Å²) in [5, 5.41) is 6.10. The molecule has 22 heavy (non-hydrogen) atoms. The molecule has 0 atom stereocenters. The maximum absolute atomic E-state index is 12.4. The quantitative estimate of drug-likeness (QED) is 0.858. The van der Waals surface area contributed by atoms with E-state index in [0.29, 0.717) is 5.56 Å². The molecule has 0 aliphatic heterocycles. The number of alkyl halides is 3. The lowest BCUT2D eigenvalue weighted by atomic mass is 10.2. The standard InChI is InChI=1S/C14H14F3N3OS/c1-22-11-5-3-2-4-10(11)13(21)18-7-9-20-8-6-12(19-20)14(15,16)17/h2-6,8H,7,9H2,1H3,(H,18,21). The van der Waals surface area contributed by atoms with E-state index in [1.807, 2.05) is 18.4 Å². The number of nitrogens with zero attached hydrogens (tertiary/aromatic N) is 2. The number of nitrogens with one attached hydrogen (secondary N) is 1. The Bertz CT molecular complexity index is 655. The van der Waals surface area contributed by atoms with Crippen LogP contribution in [0.5, 0.6) is 0 Å². The Morgan fingerprint density at radius 3 is 2.68 bits per heavy atom. The highest BCUT2D eigenvalue weighted by Gasteiger charge is 2.33. The van der Waals surface area contributed by atoms with Gasteiger partial charge in [0.1, 0.15) is 0 Å². The number of hydrogen-bond donors (Lipinski definition) is 1. The van der Waals surface area contributed by atoms with Crippen LogP contribution >= 0.6 is 11.8 Å². The minimum absolute atomic E-state index is 0.170. The van der Waals surface area contributed by atoms with Crippen molar-refractivity contribution >= 4 is 17.7 Å². The SMILES string of the molecule is CSc1ccccc1C(=O)NCCn1ccc(C(F)(F)F)n1. The Balaban J connectivity index is 1.91. The van der Waals surface area contributed by atoms with Gasteiger partial charge in [-0.25, -0.2) is 0 Å². The normalized spacial score (nSPS) is 11.5. The van der Waals surface area contributed by atoms with Crippen LogP contribution in [0.1, 0.15) is 16.1 Å². The van der Waals surface area contributed by atoms with Crippen molar-refractivity contribution in [2.45, 2.75) is 17.6 Å². The first-order valence-electron chi connectivity index (χ1n) is 6.43. The zero-order chi connectivity index (χ0) is 16.2. The molecule has 1 aromatic heterocycles. The van der Waals surface area contributed by atoms with Crippen molar-refractivity contribution in [1.82, 2.24) is 15.1 Å². The van der Waals surface area contributed by atoms with Gasteiger partial charge in [0.15, 0.2) is 5.69 Å². The van der Waals surface area contributed by atoms with E-state index in [1.165, 1.54) is 18.0 Å². The molecule has 4 nitrogen and oxygen atoms in total. The van der Waals surface area contributed by atoms with Gasteiger partial charge in [0.05, 0.1) is 12.1 Å². The molecule has 0 radical (unpaired) electrons. The lowest BCUT2D eigenvalue weighted by molar-refractivity contribution is -0.141. The van der Waals surface area contributed by atoms with E-state index in [4.69, 9.17) is 0 Å². The summed E-state index contributed by atoms with van der Waals surface area (Å²) in [5.74, 6) is -0.256. The first-order chi connectivity index (χ1) is 10.4. The topological polar surface area (TPSA) is 46.9 Å². The first kappa shape index (κ1) is 16.4. The van der Waals surface area contributed by atoms with Crippen molar-refractivity contribution < 1.29 is 18.0 Å². The number of thioether (sulfide) groups is 1. The van der Waals surface area contributed by atoms with Gasteiger partial charge in [0, 0.05) is 17.6 Å². The van der Waals surface area contributed by atoms with Gasteiger partial charge in [0.25, 0.3) is 5.91 Å². The third-order valence-electron chi connectivity index (χ3n) is 2.91. The molecule has 0 spiro atoms. The number of amides is 1. The summed E-state index contributed by atoms with van der Waals surface area (Å²) in [5.41, 5.74) is -0.391. The highest BCUT2D eigenvalue weighted by Crippen LogP contribution is 2.27. The van der Waals surface area contributed by atoms with Crippen LogP contribution in [0.2, 0.25) is 0 Å². The molecular formula is C14H14F3N3OS. The van der Waals surface area contributed by atoms with Crippen molar-refractivity contribution in [3.63, 3.8) is 0 Å². The summed E-state index contributed by atoms with van der Waals surface area (Å²) in [7, 11) is 0. The zero-order valence-corrected chi connectivity index (χ0v) is 12.5. The van der Waals surface area contributed by atoms with E-state index in [9.17, 15) is 18.0 Å². The number of aromatic nitrogens is 2. The van der Waals surface area contributed by atoms with E-state index >= 15 is 0 Å². The van der Waals surface area contributed by atoms with Crippen molar-refractivity contribution in [3.05, 3.63) is 47.8 Å². The van der Waals surface area contributed by atoms with Crippen molar-refractivity contribution in [2.75, 3.05) is 12.8 Å². The van der Waals surface area contributed by atoms with Crippen molar-refractivity contribution in [2.24, 2.45) is 0 Å². The Morgan fingerprint density at radius 1 is 1.32 bits per heavy atom. The average Bonchev–Trinajstić information content (AvgIpc) is 2.96. The minimum Gasteiger partial charge on any atom is -0.350 e. The molecule has 8 heteroatoms. The molecule has 1 N–H and O–H groups in total. The number of benzene rings is 1. The van der Waals surface area contributed by atoms with E-state index in [-0.39, 0.29) is 19.0 Å². The summed E-state index contributed by atoms with van der Waals surface area (Å²) in [6, 6.07) is 8.05. The van der Waals surface area contributed by atoms with Crippen molar-refractivity contribution in [3.8, 4) is 0 Å². The molecule has 0 fully saturated rings. The summed E-state index contributed by atoms with van der Waals surface area (Å²) >= 11 is 1.46. The highest BCUT2D eigenvalue weighted by molar-refractivity contribution is 7.98. The first-order valence-corrected chi connectivity index (χ1v) is 7.66. The second kappa shape index (κ2) is 6.87. The Hall–Kier alpha value is -1.96. The van der Waals surface area contributed by atoms with Crippen LogP contribution in [-0.4, -0.2) is 28.5 Å². The number of halogens is 3. The fourth-order valence-electron chi connectivity index (χ4n) is 1.85. The molecular weight excluding hydrogens is 315 g/mol. The van der Waals surface area contributed by atoms with Gasteiger partial charge in [-0.05, 0) is 24.5 Å². The maximum atomic E-state index is 12.4. The number of carbonyl (C=O) groups is 1. The zero-order valence-electron chi connectivity index (χ0n) is 11.7. The molecule has 0 bridgehead atoms. The van der Waals surface area contributed by atoms with E-state index in [2.05, 4.69) is 10.4 Å². The number of carbonyl (C=O) groups excluding carboxylic acids is 1. The van der Waals surface area contributed by atoms with Crippen LogP contribution in [0.3, 0.4) is 0 Å². The molecule has 0 unspecified atom stereocenters. The fraction of sp³-hybridized carbons (Fsp3) is 0.286. The van der Waals surface area contributed by atoms with Gasteiger partial charge in [-0.1, -0.05) is 12.1 Å². The molecule has 118 valence electrons. The fourth-order valence-corrected chi connectivity index (χ4v) is 2.44. The molecule has 0 saturated carbocycles. The molecule has 1 heterocycles. The summed E-state index contributed by atoms with van der Waals surface area (Å²) in [6.07, 6.45) is -1.34. The second-order valence-corrected chi connectivity index (χ2v) is 5.27. The molecule has 1 aromatic carbocycles. The summed E-state index contributed by atoms with van der Waals surface area (Å²) in [6.45, 7) is 0.365. The summed E-state index contributed by atoms with van der Waals surface area (Å²) < 4.78 is 38.4. The van der Waals surface area contributed by atoms with Gasteiger partial charge < -0.3 is 5.32 Å². The predicted octanol–water partition coefficient (Wildman–Crippen LogP) is 3.05. The smallest absolute Gasteiger partial charge is 0.350 e. The molecule has 0 aliphatic rings. The molecule has 2 aromatic rings. The number of rotatable bonds is 5. The second-order valence-electron chi connectivity index (χ2n) is 4.42. The summed E-state index contributed by atoms with van der Waals surface area (Å²) in [4.78, 5) is 12.9. The predicted molar refractivity (Wildman–Crippen MR) is 77.8 cm³/mol. The van der Waals surface area contributed by atoms with Crippen LogP contribution in [0.25, 0.3) is 0 Å². The Morgan fingerprint density at radius 2 is 2.05 bits per heavy atom. The van der Waals surface area contributed by atoms with Crippen LogP contribution in [0.4, 0.5) is 13.2 Å². The van der Waals surface area contributed by atoms with Gasteiger partial charge in [-0.2, -0.15) is 18.3 Å². The lowest BCUT2D eigenvalue weighted by Crippen LogP contribution is -2.27. The van der Waals surface area contributed by atoms with Crippen LogP contribution in [-0.2, 0) is 12.7 Å². The van der Waals surface area contributed by atoms with E-state index in [0.717, 1.165) is 15.6 Å². The molecule has 0 aliphatic carbocycles. The van der Waals surface area contributed by atoms with Crippen LogP contribution in [0, 0.1) is 0 Å². The van der Waals surface area contributed by atoms with Gasteiger partial charge in [-0.15, -0.1) is 11.8 Å². The van der Waals surface area contributed by atoms with Gasteiger partial charge in [-0.3, -0.25) is 9.48 Å². The Labute approximate surface area is 129 Å². The van der Waals surface area contributed by atoms with Crippen molar-refractivity contribution in [1.29, 1.82) is 0 Å². The van der Waals surface area contributed by atoms with E-state index < -0.39 is 11.9 Å². The molecule has 2 rings (SSSR count). The van der Waals surface area contributed by atoms with Crippen LogP contribution < -0.4 is 5.32 Å². The third-order valence-corrected chi connectivity index (χ3v) is 3.70. The largest absolute Gasteiger partial charge is 0.435 e. The maximum Gasteiger partial charge on any atom is 0.435 e. The molecule has 0 saturated heterocycles. The third kappa shape index (κ3) is 4.03. The molecule has 1 amide bonds. The Kier molecular flexibility index (Phi) is 5.12. The highest BCUT2D eigenvalue weighted by atomic mass is 32.2. The minimum atomic E-state index is -4.45. The van der Waals surface area contributed by atoms with E-state index in [1.54, 1.807) is 12.1 Å². The lowest BCUT2D eigenvalue weighted by Gasteiger charge is -2.08. The number of hydrogen-bond acceptors (Lipinski definition) is 3. The average molecular weight is 329 g/mol. The monoisotopic (exact) mass is 329 g/mol. The van der Waals surface area contributed by atoms with Gasteiger partial charge in [0.2, 0.25) is 0 Å².